The predicted molar refractivity (Wildman–Crippen MR) is 106 cm³/mol. The number of pyridine rings is 1. The smallest absolute Gasteiger partial charge is 0.274 e. The highest BCUT2D eigenvalue weighted by Gasteiger charge is 2.15. The second-order valence-corrected chi connectivity index (χ2v) is 6.60. The fraction of sp³-hybridized carbons (Fsp3) is 0.400. The Balaban J connectivity index is 1.68. The van der Waals surface area contributed by atoms with Crippen LogP contribution in [0.1, 0.15) is 10.5 Å². The van der Waals surface area contributed by atoms with Crippen molar-refractivity contribution in [2.24, 2.45) is 0 Å². The molecule has 0 radical (unpaired) electrons. The van der Waals surface area contributed by atoms with Crippen molar-refractivity contribution in [1.29, 1.82) is 0 Å². The lowest BCUT2D eigenvalue weighted by Gasteiger charge is -2.28. The van der Waals surface area contributed by atoms with E-state index in [4.69, 9.17) is 9.47 Å². The van der Waals surface area contributed by atoms with Gasteiger partial charge in [-0.3, -0.25) is 9.78 Å². The quantitative estimate of drug-likeness (QED) is 0.805. The molecule has 7 nitrogen and oxygen atoms in total. The molecule has 7 heteroatoms. The number of carbonyl (C=O) groups excluding carboxylic acids is 1. The van der Waals surface area contributed by atoms with E-state index in [1.54, 1.807) is 6.20 Å². The fourth-order valence-electron chi connectivity index (χ4n) is 2.78. The lowest BCUT2D eigenvalue weighted by molar-refractivity contribution is 0.102. The second-order valence-electron chi connectivity index (χ2n) is 6.60. The minimum absolute atomic E-state index is 0.256. The number of hydrogen-bond acceptors (Lipinski definition) is 6. The van der Waals surface area contributed by atoms with E-state index in [9.17, 15) is 4.79 Å². The van der Waals surface area contributed by atoms with Crippen LogP contribution in [0.25, 0.3) is 0 Å². The SMILES string of the molecule is CN(C)CCOc1ccccc1NC(=O)c1cc(N2CCOCC2)ccn1. The summed E-state index contributed by atoms with van der Waals surface area (Å²) in [4.78, 5) is 21.2. The zero-order valence-electron chi connectivity index (χ0n) is 15.9. The van der Waals surface area contributed by atoms with Gasteiger partial charge in [-0.1, -0.05) is 12.1 Å². The first kappa shape index (κ1) is 19.1. The van der Waals surface area contributed by atoms with Gasteiger partial charge in [0.05, 0.1) is 18.9 Å². The minimum Gasteiger partial charge on any atom is -0.490 e. The van der Waals surface area contributed by atoms with Crippen LogP contribution in [0.4, 0.5) is 11.4 Å². The van der Waals surface area contributed by atoms with Crippen LogP contribution in [-0.4, -0.2) is 69.3 Å². The van der Waals surface area contributed by atoms with Crippen LogP contribution in [0.3, 0.4) is 0 Å². The molecule has 1 aromatic heterocycles. The van der Waals surface area contributed by atoms with Crippen molar-refractivity contribution < 1.29 is 14.3 Å². The summed E-state index contributed by atoms with van der Waals surface area (Å²) in [5.41, 5.74) is 2.00. The van der Waals surface area contributed by atoms with Crippen LogP contribution in [0, 0.1) is 0 Å². The predicted octanol–water partition coefficient (Wildman–Crippen LogP) is 2.11. The van der Waals surface area contributed by atoms with Gasteiger partial charge in [0, 0.05) is 31.5 Å². The molecule has 1 aromatic carbocycles. The number of morpholine rings is 1. The van der Waals surface area contributed by atoms with E-state index >= 15 is 0 Å². The Hall–Kier alpha value is -2.64. The highest BCUT2D eigenvalue weighted by molar-refractivity contribution is 6.04. The summed E-state index contributed by atoms with van der Waals surface area (Å²) in [7, 11) is 3.98. The van der Waals surface area contributed by atoms with Gasteiger partial charge >= 0.3 is 0 Å². The molecular weight excluding hydrogens is 344 g/mol. The summed E-state index contributed by atoms with van der Waals surface area (Å²) in [6.07, 6.45) is 1.67. The number of amides is 1. The summed E-state index contributed by atoms with van der Waals surface area (Å²) in [5, 5.41) is 2.91. The monoisotopic (exact) mass is 370 g/mol. The molecule has 2 aromatic rings. The summed E-state index contributed by atoms with van der Waals surface area (Å²) >= 11 is 0. The Kier molecular flexibility index (Phi) is 6.62. The van der Waals surface area contributed by atoms with Gasteiger partial charge in [-0.05, 0) is 38.4 Å². The van der Waals surface area contributed by atoms with Gasteiger partial charge in [-0.2, -0.15) is 0 Å². The van der Waals surface area contributed by atoms with Crippen LogP contribution in [0.5, 0.6) is 5.75 Å². The van der Waals surface area contributed by atoms with Crippen LogP contribution >= 0.6 is 0 Å². The number of anilines is 2. The van der Waals surface area contributed by atoms with E-state index in [0.29, 0.717) is 37.0 Å². The van der Waals surface area contributed by atoms with Gasteiger partial charge in [0.25, 0.3) is 5.91 Å². The van der Waals surface area contributed by atoms with E-state index in [-0.39, 0.29) is 5.91 Å². The third-order valence-corrected chi connectivity index (χ3v) is 4.28. The molecule has 144 valence electrons. The number of carbonyl (C=O) groups is 1. The molecule has 0 unspecified atom stereocenters. The van der Waals surface area contributed by atoms with Crippen molar-refractivity contribution in [2.45, 2.75) is 0 Å². The highest BCUT2D eigenvalue weighted by atomic mass is 16.5. The zero-order chi connectivity index (χ0) is 19.1. The average Bonchev–Trinajstić information content (AvgIpc) is 2.70. The second kappa shape index (κ2) is 9.34. The first-order valence-electron chi connectivity index (χ1n) is 9.10. The lowest BCUT2D eigenvalue weighted by Crippen LogP contribution is -2.36. The van der Waals surface area contributed by atoms with E-state index < -0.39 is 0 Å². The molecule has 0 bridgehead atoms. The highest BCUT2D eigenvalue weighted by Crippen LogP contribution is 2.24. The number of hydrogen-bond donors (Lipinski definition) is 1. The number of ether oxygens (including phenoxy) is 2. The number of benzene rings is 1. The third kappa shape index (κ3) is 5.42. The maximum atomic E-state index is 12.7. The molecule has 0 atom stereocenters. The molecule has 1 fully saturated rings. The Morgan fingerprint density at radius 3 is 2.81 bits per heavy atom. The molecule has 1 amide bonds. The summed E-state index contributed by atoms with van der Waals surface area (Å²) in [5.74, 6) is 0.394. The van der Waals surface area contributed by atoms with Crippen molar-refractivity contribution in [3.05, 3.63) is 48.3 Å². The van der Waals surface area contributed by atoms with Crippen molar-refractivity contribution in [1.82, 2.24) is 9.88 Å². The number of nitrogens with one attached hydrogen (secondary N) is 1. The van der Waals surface area contributed by atoms with Gasteiger partial charge in [0.15, 0.2) is 0 Å². The first-order chi connectivity index (χ1) is 13.1. The number of likely N-dealkylation sites (N-methyl/N-ethyl adjacent to an activating group) is 1. The van der Waals surface area contributed by atoms with E-state index in [1.807, 2.05) is 55.4 Å². The van der Waals surface area contributed by atoms with Gasteiger partial charge < -0.3 is 24.6 Å². The lowest BCUT2D eigenvalue weighted by atomic mass is 10.2. The van der Waals surface area contributed by atoms with Crippen LogP contribution < -0.4 is 15.0 Å². The molecule has 1 aliphatic rings. The largest absolute Gasteiger partial charge is 0.490 e. The molecule has 1 aliphatic heterocycles. The maximum absolute atomic E-state index is 12.7. The molecule has 3 rings (SSSR count). The van der Waals surface area contributed by atoms with E-state index in [1.165, 1.54) is 0 Å². The van der Waals surface area contributed by atoms with E-state index in [0.717, 1.165) is 25.3 Å². The van der Waals surface area contributed by atoms with Gasteiger partial charge in [-0.25, -0.2) is 0 Å². The van der Waals surface area contributed by atoms with E-state index in [2.05, 4.69) is 15.2 Å². The molecule has 27 heavy (non-hydrogen) atoms. The molecule has 1 saturated heterocycles. The van der Waals surface area contributed by atoms with Gasteiger partial charge in [0.2, 0.25) is 0 Å². The number of aromatic nitrogens is 1. The zero-order valence-corrected chi connectivity index (χ0v) is 15.9. The summed E-state index contributed by atoms with van der Waals surface area (Å²) < 4.78 is 11.2. The average molecular weight is 370 g/mol. The number of rotatable bonds is 7. The Labute approximate surface area is 159 Å². The van der Waals surface area contributed by atoms with Crippen LogP contribution in [0.15, 0.2) is 42.6 Å². The third-order valence-electron chi connectivity index (χ3n) is 4.28. The molecule has 0 saturated carbocycles. The fourth-order valence-corrected chi connectivity index (χ4v) is 2.78. The normalized spacial score (nSPS) is 14.3. The van der Waals surface area contributed by atoms with Crippen molar-refractivity contribution in [3.63, 3.8) is 0 Å². The molecule has 0 aliphatic carbocycles. The Morgan fingerprint density at radius 2 is 2.04 bits per heavy atom. The van der Waals surface area contributed by atoms with Crippen molar-refractivity contribution in [2.75, 3.05) is 63.8 Å². The van der Waals surface area contributed by atoms with Crippen LogP contribution in [-0.2, 0) is 4.74 Å². The minimum atomic E-state index is -0.256. The standard InChI is InChI=1S/C20H26N4O3/c1-23(2)9-14-27-19-6-4-3-5-17(19)22-20(25)18-15-16(7-8-21-18)24-10-12-26-13-11-24/h3-8,15H,9-14H2,1-2H3,(H,22,25). The van der Waals surface area contributed by atoms with Gasteiger partial charge in [-0.15, -0.1) is 0 Å². The number of nitrogens with zero attached hydrogens (tertiary/aromatic N) is 3. The molecular formula is C20H26N4O3. The first-order valence-corrected chi connectivity index (χ1v) is 9.10. The van der Waals surface area contributed by atoms with Crippen molar-refractivity contribution >= 4 is 17.3 Å². The van der Waals surface area contributed by atoms with Crippen molar-refractivity contribution in [3.8, 4) is 5.75 Å². The molecule has 1 N–H and O–H groups in total. The van der Waals surface area contributed by atoms with Gasteiger partial charge in [0.1, 0.15) is 18.1 Å². The topological polar surface area (TPSA) is 66.9 Å². The summed E-state index contributed by atoms with van der Waals surface area (Å²) in [6.45, 7) is 4.36. The maximum Gasteiger partial charge on any atom is 0.274 e. The Morgan fingerprint density at radius 1 is 1.26 bits per heavy atom. The molecule has 2 heterocycles. The number of para-hydroxylation sites is 2. The summed E-state index contributed by atoms with van der Waals surface area (Å²) in [6, 6.07) is 11.2. The molecule has 0 spiro atoms. The van der Waals surface area contributed by atoms with Crippen LogP contribution in [0.2, 0.25) is 0 Å². The Bertz CT molecular complexity index is 760.